The summed E-state index contributed by atoms with van der Waals surface area (Å²) in [6, 6.07) is 10.3. The highest BCUT2D eigenvalue weighted by Crippen LogP contribution is 2.52. The molecule has 2 rings (SSSR count). The van der Waals surface area contributed by atoms with Gasteiger partial charge in [-0.1, -0.05) is 36.9 Å². The summed E-state index contributed by atoms with van der Waals surface area (Å²) in [6.07, 6.45) is 0.182. The molecule has 68 valence electrons. The van der Waals surface area contributed by atoms with Crippen LogP contribution in [0.25, 0.3) is 0 Å². The quantitative estimate of drug-likeness (QED) is 0.634. The lowest BCUT2D eigenvalue weighted by atomic mass is 9.76. The smallest absolute Gasteiger partial charge is 0.135 e. The maximum atomic E-state index is 5.55. The third-order valence-electron chi connectivity index (χ3n) is 2.74. The molecule has 1 saturated heterocycles. The zero-order valence-corrected chi connectivity index (χ0v) is 8.08. The highest BCUT2D eigenvalue weighted by molar-refractivity contribution is 5.27. The van der Waals surface area contributed by atoms with Crippen molar-refractivity contribution < 1.29 is 4.74 Å². The standard InChI is InChI=1S/C12H14O/c1-9-12(2,3)11(13-9)10-7-5-4-6-8-10/h4-8,11H,1H2,2-3H3. The van der Waals surface area contributed by atoms with Crippen LogP contribution in [0, 0.1) is 5.41 Å². The second kappa shape index (κ2) is 2.63. The lowest BCUT2D eigenvalue weighted by molar-refractivity contribution is -0.1000. The number of benzene rings is 1. The first-order chi connectivity index (χ1) is 6.12. The highest BCUT2D eigenvalue weighted by atomic mass is 16.5. The zero-order chi connectivity index (χ0) is 9.47. The highest BCUT2D eigenvalue weighted by Gasteiger charge is 2.45. The van der Waals surface area contributed by atoms with Gasteiger partial charge < -0.3 is 4.74 Å². The van der Waals surface area contributed by atoms with Gasteiger partial charge in [0.2, 0.25) is 0 Å². The van der Waals surface area contributed by atoms with Crippen molar-refractivity contribution in [1.29, 1.82) is 0 Å². The van der Waals surface area contributed by atoms with Crippen LogP contribution in [-0.4, -0.2) is 0 Å². The second-order valence-electron chi connectivity index (χ2n) is 4.05. The fourth-order valence-electron chi connectivity index (χ4n) is 1.64. The Hall–Kier alpha value is -1.24. The number of rotatable bonds is 1. The summed E-state index contributed by atoms with van der Waals surface area (Å²) in [4.78, 5) is 0. The molecule has 1 nitrogen and oxygen atoms in total. The molecule has 0 spiro atoms. The molecule has 0 amide bonds. The van der Waals surface area contributed by atoms with E-state index >= 15 is 0 Å². The summed E-state index contributed by atoms with van der Waals surface area (Å²) in [5, 5.41) is 0. The van der Waals surface area contributed by atoms with Crippen molar-refractivity contribution in [2.75, 3.05) is 0 Å². The minimum atomic E-state index is 0.0847. The molecule has 1 fully saturated rings. The third-order valence-corrected chi connectivity index (χ3v) is 2.74. The van der Waals surface area contributed by atoms with Crippen LogP contribution >= 0.6 is 0 Å². The van der Waals surface area contributed by atoms with Crippen molar-refractivity contribution in [2.45, 2.75) is 20.0 Å². The molecule has 0 radical (unpaired) electrons. The van der Waals surface area contributed by atoms with E-state index in [1.54, 1.807) is 0 Å². The average molecular weight is 174 g/mol. The van der Waals surface area contributed by atoms with E-state index in [9.17, 15) is 0 Å². The SMILES string of the molecule is C=C1OC(c2ccccc2)C1(C)C. The third kappa shape index (κ3) is 1.15. The molecule has 1 unspecified atom stereocenters. The predicted molar refractivity (Wildman–Crippen MR) is 53.2 cm³/mol. The van der Waals surface area contributed by atoms with Crippen LogP contribution in [0.5, 0.6) is 0 Å². The van der Waals surface area contributed by atoms with E-state index in [1.807, 2.05) is 18.2 Å². The van der Waals surface area contributed by atoms with Crippen LogP contribution < -0.4 is 0 Å². The normalized spacial score (nSPS) is 24.8. The van der Waals surface area contributed by atoms with E-state index in [1.165, 1.54) is 5.56 Å². The van der Waals surface area contributed by atoms with Crippen LogP contribution in [0.4, 0.5) is 0 Å². The Morgan fingerprint density at radius 3 is 2.31 bits per heavy atom. The van der Waals surface area contributed by atoms with Gasteiger partial charge in [-0.25, -0.2) is 0 Å². The van der Waals surface area contributed by atoms with Crippen molar-refractivity contribution in [2.24, 2.45) is 5.41 Å². The molecule has 1 aliphatic rings. The molecule has 13 heavy (non-hydrogen) atoms. The largest absolute Gasteiger partial charge is 0.489 e. The van der Waals surface area contributed by atoms with Crippen molar-refractivity contribution >= 4 is 0 Å². The van der Waals surface area contributed by atoms with Gasteiger partial charge in [0, 0.05) is 0 Å². The molecular formula is C12H14O. The molecule has 0 bridgehead atoms. The van der Waals surface area contributed by atoms with E-state index in [0.717, 1.165) is 5.76 Å². The maximum absolute atomic E-state index is 5.55. The van der Waals surface area contributed by atoms with Gasteiger partial charge in [-0.3, -0.25) is 0 Å². The molecule has 1 aliphatic heterocycles. The Bertz CT molecular complexity index is 324. The summed E-state index contributed by atoms with van der Waals surface area (Å²) in [5.74, 6) is 0.890. The number of hydrogen-bond acceptors (Lipinski definition) is 1. The van der Waals surface area contributed by atoms with E-state index < -0.39 is 0 Å². The van der Waals surface area contributed by atoms with Crippen molar-refractivity contribution in [3.8, 4) is 0 Å². The van der Waals surface area contributed by atoms with Gasteiger partial charge in [0.05, 0.1) is 11.2 Å². The summed E-state index contributed by atoms with van der Waals surface area (Å²) >= 11 is 0. The fourth-order valence-corrected chi connectivity index (χ4v) is 1.64. The van der Waals surface area contributed by atoms with Crippen molar-refractivity contribution in [1.82, 2.24) is 0 Å². The van der Waals surface area contributed by atoms with Gasteiger partial charge in [0.1, 0.15) is 6.10 Å². The van der Waals surface area contributed by atoms with Gasteiger partial charge >= 0.3 is 0 Å². The molecule has 0 aliphatic carbocycles. The maximum Gasteiger partial charge on any atom is 0.135 e. The monoisotopic (exact) mass is 174 g/mol. The second-order valence-corrected chi connectivity index (χ2v) is 4.05. The molecule has 0 aromatic heterocycles. The fraction of sp³-hybridized carbons (Fsp3) is 0.333. The topological polar surface area (TPSA) is 9.23 Å². The Balaban J connectivity index is 2.27. The van der Waals surface area contributed by atoms with Gasteiger partial charge in [-0.15, -0.1) is 0 Å². The van der Waals surface area contributed by atoms with E-state index in [-0.39, 0.29) is 11.5 Å². The minimum Gasteiger partial charge on any atom is -0.489 e. The number of hydrogen-bond donors (Lipinski definition) is 0. The van der Waals surface area contributed by atoms with Crippen LogP contribution in [0.2, 0.25) is 0 Å². The Labute approximate surface area is 79.0 Å². The first-order valence-electron chi connectivity index (χ1n) is 4.53. The molecule has 1 heteroatoms. The zero-order valence-electron chi connectivity index (χ0n) is 8.08. The molecular weight excluding hydrogens is 160 g/mol. The van der Waals surface area contributed by atoms with Gasteiger partial charge in [-0.2, -0.15) is 0 Å². The Morgan fingerprint density at radius 1 is 1.23 bits per heavy atom. The van der Waals surface area contributed by atoms with Gasteiger partial charge in [-0.05, 0) is 19.4 Å². The van der Waals surface area contributed by atoms with Crippen LogP contribution in [0.1, 0.15) is 25.5 Å². The van der Waals surface area contributed by atoms with E-state index in [0.29, 0.717) is 0 Å². The summed E-state index contributed by atoms with van der Waals surface area (Å²) < 4.78 is 5.55. The van der Waals surface area contributed by atoms with Gasteiger partial charge in [0.25, 0.3) is 0 Å². The molecule has 1 aromatic carbocycles. The molecule has 0 N–H and O–H groups in total. The first-order valence-corrected chi connectivity index (χ1v) is 4.53. The van der Waals surface area contributed by atoms with Crippen molar-refractivity contribution in [3.05, 3.63) is 48.2 Å². The summed E-state index contributed by atoms with van der Waals surface area (Å²) in [6.45, 7) is 8.19. The Kier molecular flexibility index (Phi) is 1.69. The predicted octanol–water partition coefficient (Wildman–Crippen LogP) is 3.30. The van der Waals surface area contributed by atoms with Gasteiger partial charge in [0.15, 0.2) is 0 Å². The van der Waals surface area contributed by atoms with Crippen LogP contribution in [-0.2, 0) is 4.74 Å². The molecule has 1 aromatic rings. The van der Waals surface area contributed by atoms with Crippen LogP contribution in [0.3, 0.4) is 0 Å². The average Bonchev–Trinajstić information content (AvgIpc) is 2.15. The molecule has 1 heterocycles. The van der Waals surface area contributed by atoms with E-state index in [4.69, 9.17) is 4.74 Å². The minimum absolute atomic E-state index is 0.0847. The summed E-state index contributed by atoms with van der Waals surface area (Å²) in [5.41, 5.74) is 1.32. The first kappa shape index (κ1) is 8.36. The lowest BCUT2D eigenvalue weighted by Crippen LogP contribution is -2.37. The molecule has 0 saturated carbocycles. The van der Waals surface area contributed by atoms with E-state index in [2.05, 4.69) is 32.6 Å². The lowest BCUT2D eigenvalue weighted by Gasteiger charge is -2.46. The summed E-state index contributed by atoms with van der Waals surface area (Å²) in [7, 11) is 0. The number of ether oxygens (including phenoxy) is 1. The van der Waals surface area contributed by atoms with Crippen molar-refractivity contribution in [3.63, 3.8) is 0 Å². The Morgan fingerprint density at radius 2 is 1.85 bits per heavy atom. The van der Waals surface area contributed by atoms with Crippen LogP contribution in [0.15, 0.2) is 42.7 Å². The molecule has 1 atom stereocenters.